The average molecular weight is 256 g/mol. The maximum absolute atomic E-state index is 6.58. The number of rotatable bonds is 3. The van der Waals surface area contributed by atoms with Gasteiger partial charge in [-0.25, -0.2) is 0 Å². The van der Waals surface area contributed by atoms with Gasteiger partial charge in [-0.05, 0) is 55.8 Å². The van der Waals surface area contributed by atoms with E-state index in [-0.39, 0.29) is 0 Å². The van der Waals surface area contributed by atoms with Gasteiger partial charge in [-0.1, -0.05) is 33.5 Å². The van der Waals surface area contributed by atoms with E-state index < -0.39 is 7.11 Å². The molecule has 1 aliphatic heterocycles. The Bertz CT molecular complexity index is 287. The van der Waals surface area contributed by atoms with Crippen molar-refractivity contribution in [2.24, 2.45) is 17.8 Å². The van der Waals surface area contributed by atoms with Gasteiger partial charge in [-0.3, -0.25) is 0 Å². The third kappa shape index (κ3) is 3.38. The first kappa shape index (κ1) is 13.7. The molecule has 0 spiro atoms. The Morgan fingerprint density at radius 1 is 1.18 bits per heavy atom. The zero-order valence-corrected chi connectivity index (χ0v) is 12.7. The highest BCUT2D eigenvalue weighted by Crippen LogP contribution is 2.56. The zero-order valence-electron chi connectivity index (χ0n) is 11.8. The number of hydrogen-bond acceptors (Lipinski definition) is 1. The molecular formula is C15H29OP. The molecule has 17 heavy (non-hydrogen) atoms. The van der Waals surface area contributed by atoms with Crippen molar-refractivity contribution >= 4 is 13.4 Å². The minimum absolute atomic E-state index is 0.516. The summed E-state index contributed by atoms with van der Waals surface area (Å²) in [6.07, 6.45) is 14.3. The average Bonchev–Trinajstić information content (AvgIpc) is 2.64. The van der Waals surface area contributed by atoms with E-state index in [1.807, 2.05) is 0 Å². The highest BCUT2D eigenvalue weighted by molar-refractivity contribution is 7.69. The SMILES string of the molecule is C=P1(O[C@@H]2C[C@H](C)CC[C@H]2C(C)C)CCCC1. The van der Waals surface area contributed by atoms with Crippen LogP contribution in [0.4, 0.5) is 0 Å². The summed E-state index contributed by atoms with van der Waals surface area (Å²) >= 11 is 0. The van der Waals surface area contributed by atoms with Crippen molar-refractivity contribution in [3.8, 4) is 0 Å². The van der Waals surface area contributed by atoms with Crippen molar-refractivity contribution in [3.05, 3.63) is 0 Å². The summed E-state index contributed by atoms with van der Waals surface area (Å²) in [6.45, 7) is 7.11. The van der Waals surface area contributed by atoms with Gasteiger partial charge in [0.2, 0.25) is 0 Å². The van der Waals surface area contributed by atoms with Gasteiger partial charge in [-0.2, -0.15) is 0 Å². The quantitative estimate of drug-likeness (QED) is 0.669. The first-order chi connectivity index (χ1) is 8.00. The number of hydrogen-bond donors (Lipinski definition) is 0. The summed E-state index contributed by atoms with van der Waals surface area (Å²) in [5, 5.41) is 0. The van der Waals surface area contributed by atoms with E-state index in [2.05, 4.69) is 27.1 Å². The van der Waals surface area contributed by atoms with Crippen molar-refractivity contribution < 1.29 is 4.52 Å². The topological polar surface area (TPSA) is 9.23 Å². The van der Waals surface area contributed by atoms with Gasteiger partial charge in [0.25, 0.3) is 0 Å². The van der Waals surface area contributed by atoms with Crippen molar-refractivity contribution in [3.63, 3.8) is 0 Å². The smallest absolute Gasteiger partial charge is 0.0649 e. The lowest BCUT2D eigenvalue weighted by Gasteiger charge is -2.40. The van der Waals surface area contributed by atoms with E-state index >= 15 is 0 Å². The fourth-order valence-electron chi connectivity index (χ4n) is 3.54. The highest BCUT2D eigenvalue weighted by Gasteiger charge is 2.35. The summed E-state index contributed by atoms with van der Waals surface area (Å²) in [7, 11) is -1.24. The van der Waals surface area contributed by atoms with Crippen molar-refractivity contribution in [2.75, 3.05) is 12.3 Å². The lowest BCUT2D eigenvalue weighted by Crippen LogP contribution is -2.33. The lowest BCUT2D eigenvalue weighted by molar-refractivity contribution is 0.0549. The first-order valence-corrected chi connectivity index (χ1v) is 9.66. The largest absolute Gasteiger partial charge is 0.358 e. The molecule has 1 aliphatic carbocycles. The normalized spacial score (nSPS) is 37.5. The molecule has 2 aliphatic rings. The summed E-state index contributed by atoms with van der Waals surface area (Å²) in [5.41, 5.74) is 0. The summed E-state index contributed by atoms with van der Waals surface area (Å²) < 4.78 is 6.58. The van der Waals surface area contributed by atoms with E-state index in [4.69, 9.17) is 4.52 Å². The van der Waals surface area contributed by atoms with Crippen LogP contribution in [-0.4, -0.2) is 24.7 Å². The van der Waals surface area contributed by atoms with E-state index in [9.17, 15) is 0 Å². The van der Waals surface area contributed by atoms with Crippen molar-refractivity contribution in [1.29, 1.82) is 0 Å². The molecule has 0 bridgehead atoms. The molecule has 1 heterocycles. The summed E-state index contributed by atoms with van der Waals surface area (Å²) in [4.78, 5) is 0. The molecule has 0 unspecified atom stereocenters. The molecule has 0 aromatic carbocycles. The van der Waals surface area contributed by atoms with Crippen LogP contribution >= 0.6 is 7.11 Å². The van der Waals surface area contributed by atoms with Crippen LogP contribution < -0.4 is 0 Å². The molecular weight excluding hydrogens is 227 g/mol. The van der Waals surface area contributed by atoms with Crippen LogP contribution in [0.25, 0.3) is 0 Å². The van der Waals surface area contributed by atoms with Gasteiger partial charge in [0, 0.05) is 7.11 Å². The Kier molecular flexibility index (Phi) is 4.42. The van der Waals surface area contributed by atoms with Crippen LogP contribution in [0.5, 0.6) is 0 Å². The van der Waals surface area contributed by atoms with Crippen molar-refractivity contribution in [1.82, 2.24) is 0 Å². The van der Waals surface area contributed by atoms with Crippen LogP contribution in [0.3, 0.4) is 0 Å². The third-order valence-corrected chi connectivity index (χ3v) is 7.68. The maximum atomic E-state index is 6.58. The fraction of sp³-hybridized carbons (Fsp3) is 0.933. The summed E-state index contributed by atoms with van der Waals surface area (Å²) in [6, 6.07) is 0. The molecule has 0 radical (unpaired) electrons. The highest BCUT2D eigenvalue weighted by atomic mass is 31.2. The second-order valence-corrected chi connectivity index (χ2v) is 9.90. The zero-order chi connectivity index (χ0) is 12.5. The molecule has 2 rings (SSSR count). The molecule has 1 nitrogen and oxygen atoms in total. The minimum atomic E-state index is -1.24. The Morgan fingerprint density at radius 3 is 2.41 bits per heavy atom. The van der Waals surface area contributed by atoms with Crippen LogP contribution in [-0.2, 0) is 4.52 Å². The van der Waals surface area contributed by atoms with E-state index in [0.717, 1.165) is 17.8 Å². The predicted octanol–water partition coefficient (Wildman–Crippen LogP) is 4.62. The first-order valence-electron chi connectivity index (χ1n) is 7.40. The molecule has 100 valence electrons. The van der Waals surface area contributed by atoms with Gasteiger partial charge < -0.3 is 4.52 Å². The molecule has 1 saturated heterocycles. The molecule has 2 heteroatoms. The predicted molar refractivity (Wildman–Crippen MR) is 79.2 cm³/mol. The maximum Gasteiger partial charge on any atom is 0.0649 e. The standard InChI is InChI=1S/C15H29OP/c1-12(2)14-8-7-13(3)11-15(14)16-17(4)9-5-6-10-17/h12-15H,4-11H2,1-3H3/t13-,14+,15-/m1/s1. The third-order valence-electron chi connectivity index (χ3n) is 4.70. The Balaban J connectivity index is 2.02. The van der Waals surface area contributed by atoms with Crippen LogP contribution in [0.15, 0.2) is 0 Å². The summed E-state index contributed by atoms with van der Waals surface area (Å²) in [5.74, 6) is 2.40. The van der Waals surface area contributed by atoms with Crippen LogP contribution in [0, 0.1) is 17.8 Å². The van der Waals surface area contributed by atoms with Crippen LogP contribution in [0.1, 0.15) is 52.9 Å². The fourth-order valence-corrected chi connectivity index (χ4v) is 6.39. The molecule has 0 amide bonds. The monoisotopic (exact) mass is 256 g/mol. The second kappa shape index (κ2) is 5.49. The minimum Gasteiger partial charge on any atom is -0.358 e. The van der Waals surface area contributed by atoms with Gasteiger partial charge in [-0.15, -0.1) is 0 Å². The Labute approximate surface area is 107 Å². The molecule has 0 aromatic rings. The Morgan fingerprint density at radius 2 is 1.82 bits per heavy atom. The van der Waals surface area contributed by atoms with Gasteiger partial charge in [0.15, 0.2) is 0 Å². The lowest BCUT2D eigenvalue weighted by atomic mass is 9.75. The van der Waals surface area contributed by atoms with Crippen LogP contribution in [0.2, 0.25) is 0 Å². The molecule has 3 atom stereocenters. The molecule has 0 aromatic heterocycles. The van der Waals surface area contributed by atoms with Gasteiger partial charge in [0.1, 0.15) is 0 Å². The van der Waals surface area contributed by atoms with E-state index in [1.165, 1.54) is 44.4 Å². The van der Waals surface area contributed by atoms with E-state index in [0.29, 0.717) is 6.10 Å². The second-order valence-electron chi connectivity index (χ2n) is 6.68. The Hall–Kier alpha value is 0.260. The molecule has 1 saturated carbocycles. The van der Waals surface area contributed by atoms with E-state index in [1.54, 1.807) is 0 Å². The molecule has 0 N–H and O–H groups in total. The van der Waals surface area contributed by atoms with Gasteiger partial charge >= 0.3 is 0 Å². The van der Waals surface area contributed by atoms with Gasteiger partial charge in [0.05, 0.1) is 6.10 Å². The van der Waals surface area contributed by atoms with Crippen molar-refractivity contribution in [2.45, 2.75) is 59.0 Å². The molecule has 2 fully saturated rings.